The van der Waals surface area contributed by atoms with Crippen LogP contribution in [0.2, 0.25) is 0 Å². The molecule has 4 amide bonds. The molecule has 0 radical (unpaired) electrons. The van der Waals surface area contributed by atoms with E-state index in [1.54, 1.807) is 27.7 Å². The van der Waals surface area contributed by atoms with E-state index < -0.39 is 42.0 Å². The van der Waals surface area contributed by atoms with E-state index in [0.717, 1.165) is 45.0 Å². The average Bonchev–Trinajstić information content (AvgIpc) is 4.28. The van der Waals surface area contributed by atoms with Gasteiger partial charge in [0.05, 0.1) is 53.7 Å². The number of hydrogen-bond donors (Lipinski definition) is 2. The Morgan fingerprint density at radius 3 is 1.51 bits per heavy atom. The van der Waals surface area contributed by atoms with E-state index >= 15 is 9.59 Å². The van der Waals surface area contributed by atoms with Gasteiger partial charge in [-0.15, -0.1) is 0 Å². The van der Waals surface area contributed by atoms with Crippen molar-refractivity contribution in [2.75, 3.05) is 38.2 Å². The number of rotatable bonds is 18. The lowest BCUT2D eigenvalue weighted by Crippen LogP contribution is -2.54. The number of allylic oxidation sites excluding steroid dienone is 1. The van der Waals surface area contributed by atoms with Crippen LogP contribution in [0.15, 0.2) is 122 Å². The minimum atomic E-state index is -1.06. The van der Waals surface area contributed by atoms with Gasteiger partial charge < -0.3 is 48.9 Å². The van der Waals surface area contributed by atoms with Crippen LogP contribution in [0.25, 0.3) is 22.5 Å². The molecule has 2 N–H and O–H groups in total. The molecule has 0 spiro atoms. The van der Waals surface area contributed by atoms with Crippen molar-refractivity contribution >= 4 is 45.6 Å². The second-order valence-electron chi connectivity index (χ2n) is 20.2. The van der Waals surface area contributed by atoms with Gasteiger partial charge in [-0.3, -0.25) is 19.0 Å². The molecule has 0 fully saturated rings. The van der Waals surface area contributed by atoms with E-state index in [0.29, 0.717) is 74.9 Å². The highest BCUT2D eigenvalue weighted by Crippen LogP contribution is 2.41. The van der Waals surface area contributed by atoms with Crippen molar-refractivity contribution in [3.8, 4) is 45.5 Å². The van der Waals surface area contributed by atoms with E-state index in [-0.39, 0.29) is 42.7 Å². The second-order valence-corrected chi connectivity index (χ2v) is 22.7. The summed E-state index contributed by atoms with van der Waals surface area (Å²) in [5.41, 5.74) is 6.31. The van der Waals surface area contributed by atoms with Crippen LogP contribution < -0.4 is 29.6 Å². The van der Waals surface area contributed by atoms with Crippen LogP contribution in [0.1, 0.15) is 75.1 Å². The third-order valence-corrected chi connectivity index (χ3v) is 16.0. The molecule has 18 nitrogen and oxygen atoms in total. The summed E-state index contributed by atoms with van der Waals surface area (Å²) in [4.78, 5) is 60.9. The summed E-state index contributed by atoms with van der Waals surface area (Å²) in [6.07, 6.45) is 0.964. The molecule has 0 saturated carbocycles. The molecule has 4 atom stereocenters. The fraction of sp³-hybridized carbons (Fsp3) is 0.368. The van der Waals surface area contributed by atoms with Crippen molar-refractivity contribution in [1.82, 2.24) is 40.0 Å². The molecule has 0 saturated heterocycles. The third kappa shape index (κ3) is 12.7. The van der Waals surface area contributed by atoms with Crippen LogP contribution in [0, 0.1) is 0 Å². The molecule has 77 heavy (non-hydrogen) atoms. The predicted octanol–water partition coefficient (Wildman–Crippen LogP) is 9.51. The fourth-order valence-corrected chi connectivity index (χ4v) is 12.3. The molecular formula is C57H62N8O10S2. The van der Waals surface area contributed by atoms with Gasteiger partial charge in [0, 0.05) is 35.7 Å². The Morgan fingerprint density at radius 1 is 0.623 bits per heavy atom. The van der Waals surface area contributed by atoms with Gasteiger partial charge in [0.2, 0.25) is 25.4 Å². The first-order valence-corrected chi connectivity index (χ1v) is 28.2. The maximum atomic E-state index is 15.2. The largest absolute Gasteiger partial charge is 0.454 e. The molecule has 20 heteroatoms. The van der Waals surface area contributed by atoms with Crippen LogP contribution in [0.4, 0.5) is 9.59 Å². The van der Waals surface area contributed by atoms with E-state index in [2.05, 4.69) is 41.5 Å². The number of carbonyl (C=O) groups is 4. The lowest BCUT2D eigenvalue weighted by Gasteiger charge is -2.38. The SMILES string of the molecule is C=C(C)OC(=O)N[C@@H](CSSC[C@H](NC(=O)OC(C)(C)C)C(=O)N1CCn2nc(-c3ccc4c(c3)OCO4)cc2C1CCc1ccccc1)C(=O)N1CCn2nc(-c3ccc4c(c3)OCO4)cc2C1CCc1ccccc1. The van der Waals surface area contributed by atoms with Gasteiger partial charge in [-0.2, -0.15) is 10.2 Å². The zero-order chi connectivity index (χ0) is 53.6. The number of nitrogens with one attached hydrogen (secondary N) is 2. The molecule has 2 aromatic heterocycles. The molecule has 0 bridgehead atoms. The molecule has 4 aromatic carbocycles. The number of ether oxygens (including phenoxy) is 6. The quantitative estimate of drug-likeness (QED) is 0.0470. The first kappa shape index (κ1) is 52.8. The highest BCUT2D eigenvalue weighted by atomic mass is 33.1. The third-order valence-electron chi connectivity index (χ3n) is 13.6. The molecule has 402 valence electrons. The summed E-state index contributed by atoms with van der Waals surface area (Å²) >= 11 is 0. The number of amides is 4. The monoisotopic (exact) mass is 1080 g/mol. The van der Waals surface area contributed by atoms with Crippen LogP contribution in [0.5, 0.6) is 23.0 Å². The summed E-state index contributed by atoms with van der Waals surface area (Å²) in [6.45, 7) is 12.4. The Balaban J connectivity index is 0.890. The summed E-state index contributed by atoms with van der Waals surface area (Å²) in [7, 11) is 2.61. The zero-order valence-electron chi connectivity index (χ0n) is 43.5. The van der Waals surface area contributed by atoms with E-state index in [4.69, 9.17) is 38.6 Å². The Bertz CT molecular complexity index is 3130. The van der Waals surface area contributed by atoms with Crippen molar-refractivity contribution < 1.29 is 47.6 Å². The first-order valence-electron chi connectivity index (χ1n) is 25.7. The molecule has 6 heterocycles. The number of hydrogen-bond acceptors (Lipinski definition) is 14. The Kier molecular flexibility index (Phi) is 16.0. The van der Waals surface area contributed by atoms with Crippen LogP contribution in [0.3, 0.4) is 0 Å². The Hall–Kier alpha value is -7.58. The van der Waals surface area contributed by atoms with E-state index in [9.17, 15) is 9.59 Å². The lowest BCUT2D eigenvalue weighted by atomic mass is 9.98. The number of nitrogens with zero attached hydrogens (tertiary/aromatic N) is 6. The summed E-state index contributed by atoms with van der Waals surface area (Å²) in [5.74, 6) is 2.39. The van der Waals surface area contributed by atoms with Gasteiger partial charge >= 0.3 is 12.2 Å². The van der Waals surface area contributed by atoms with Crippen molar-refractivity contribution in [1.29, 1.82) is 0 Å². The normalized spacial score (nSPS) is 16.9. The highest BCUT2D eigenvalue weighted by molar-refractivity contribution is 8.76. The van der Waals surface area contributed by atoms with Crippen LogP contribution >= 0.6 is 21.6 Å². The van der Waals surface area contributed by atoms with Gasteiger partial charge in [0.25, 0.3) is 0 Å². The fourth-order valence-electron chi connectivity index (χ4n) is 9.98. The van der Waals surface area contributed by atoms with Gasteiger partial charge in [0.1, 0.15) is 17.7 Å². The molecular weight excluding hydrogens is 1020 g/mol. The van der Waals surface area contributed by atoms with Crippen LogP contribution in [-0.4, -0.2) is 109 Å². The molecule has 4 aliphatic heterocycles. The maximum absolute atomic E-state index is 15.2. The maximum Gasteiger partial charge on any atom is 0.412 e. The Morgan fingerprint density at radius 2 is 1.06 bits per heavy atom. The average molecular weight is 1080 g/mol. The topological polar surface area (TPSA) is 190 Å². The number of alkyl carbamates (subject to hydrolysis) is 2. The molecule has 0 aliphatic carbocycles. The minimum Gasteiger partial charge on any atom is -0.454 e. The van der Waals surface area contributed by atoms with Crippen molar-refractivity contribution in [2.24, 2.45) is 0 Å². The number of fused-ring (bicyclic) bond motifs is 4. The van der Waals surface area contributed by atoms with Gasteiger partial charge in [0.15, 0.2) is 23.0 Å². The van der Waals surface area contributed by atoms with Gasteiger partial charge in [-0.1, -0.05) is 88.8 Å². The van der Waals surface area contributed by atoms with Gasteiger partial charge in [-0.25, -0.2) is 9.59 Å². The summed E-state index contributed by atoms with van der Waals surface area (Å²) in [5, 5.41) is 15.7. The standard InChI is InChI=1S/C57H62N8O10S2/c1-36(2)74-55(68)58-43(53(66)62-24-26-64-47(45(62)20-16-37-12-8-6-9-13-37)30-41(60-64)39-18-22-49-51(28-39)72-34-70-49)32-76-77-33-44(59-56(69)75-57(3,4)5)54(67)63-25-27-65-48(46(63)21-17-38-14-10-7-11-15-38)31-42(61-65)40-19-23-50-52(29-40)73-35-71-50/h6-15,18-19,22-23,28-31,43-46H,1,16-17,20-21,24-27,32-35H2,2-5H3,(H,58,68)(H,59,69)/t43-,44-,45?,46?/m0/s1. The lowest BCUT2D eigenvalue weighted by molar-refractivity contribution is -0.137. The van der Waals surface area contributed by atoms with Crippen LogP contribution in [-0.2, 0) is 45.0 Å². The number of aryl methyl sites for hydroxylation is 2. The molecule has 2 unspecified atom stereocenters. The van der Waals surface area contributed by atoms with Crippen molar-refractivity contribution in [3.05, 3.63) is 144 Å². The first-order chi connectivity index (χ1) is 37.2. The number of carbonyl (C=O) groups excluding carboxylic acids is 4. The molecule has 10 rings (SSSR count). The second kappa shape index (κ2) is 23.3. The Labute approximate surface area is 455 Å². The predicted molar refractivity (Wildman–Crippen MR) is 292 cm³/mol. The number of aromatic nitrogens is 4. The van der Waals surface area contributed by atoms with Crippen molar-refractivity contribution in [3.63, 3.8) is 0 Å². The van der Waals surface area contributed by atoms with E-state index in [1.165, 1.54) is 21.6 Å². The zero-order valence-corrected chi connectivity index (χ0v) is 45.1. The highest BCUT2D eigenvalue weighted by Gasteiger charge is 2.39. The summed E-state index contributed by atoms with van der Waals surface area (Å²) in [6, 6.07) is 32.8. The molecule has 4 aliphatic rings. The summed E-state index contributed by atoms with van der Waals surface area (Å²) < 4.78 is 37.5. The van der Waals surface area contributed by atoms with Gasteiger partial charge in [-0.05, 0) is 113 Å². The minimum absolute atomic E-state index is 0.0942. The number of benzene rings is 4. The smallest absolute Gasteiger partial charge is 0.412 e. The molecule has 6 aromatic rings. The van der Waals surface area contributed by atoms with Crippen molar-refractivity contribution in [2.45, 2.75) is 96.2 Å². The van der Waals surface area contributed by atoms with E-state index in [1.807, 2.05) is 104 Å².